The summed E-state index contributed by atoms with van der Waals surface area (Å²) in [5, 5.41) is 3.04. The lowest BCUT2D eigenvalue weighted by Crippen LogP contribution is -2.38. The Morgan fingerprint density at radius 1 is 1.39 bits per heavy atom. The van der Waals surface area contributed by atoms with Crippen LogP contribution in [0.2, 0.25) is 0 Å². The Morgan fingerprint density at radius 3 is 2.87 bits per heavy atom. The lowest BCUT2D eigenvalue weighted by atomic mass is 9.96. The largest absolute Gasteiger partial charge is 0.497 e. The van der Waals surface area contributed by atoms with E-state index in [2.05, 4.69) is 24.1 Å². The zero-order valence-corrected chi connectivity index (χ0v) is 14.4. The predicted molar refractivity (Wildman–Crippen MR) is 91.1 cm³/mol. The molecule has 1 heterocycles. The molecule has 0 bridgehead atoms. The first-order chi connectivity index (χ1) is 11.2. The molecule has 5 heteroatoms. The first-order valence-corrected chi connectivity index (χ1v) is 8.47. The summed E-state index contributed by atoms with van der Waals surface area (Å²) in [4.78, 5) is 14.7. The van der Waals surface area contributed by atoms with E-state index >= 15 is 0 Å². The summed E-state index contributed by atoms with van der Waals surface area (Å²) in [7, 11) is 1.64. The smallest absolute Gasteiger partial charge is 0.226 e. The molecule has 1 atom stereocenters. The fraction of sp³-hybridized carbons (Fsp3) is 0.611. The molecule has 0 fully saturated rings. The molecule has 2 rings (SSSR count). The molecule has 0 radical (unpaired) electrons. The second kappa shape index (κ2) is 8.77. The van der Waals surface area contributed by atoms with Crippen molar-refractivity contribution in [3.8, 4) is 11.5 Å². The van der Waals surface area contributed by atoms with Gasteiger partial charge in [0.15, 0.2) is 0 Å². The number of fused-ring (bicyclic) bond motifs is 1. The number of benzene rings is 1. The Bertz CT molecular complexity index is 515. The zero-order valence-electron chi connectivity index (χ0n) is 14.4. The van der Waals surface area contributed by atoms with Crippen molar-refractivity contribution in [3.05, 3.63) is 23.8 Å². The van der Waals surface area contributed by atoms with Gasteiger partial charge in [0, 0.05) is 6.54 Å². The van der Waals surface area contributed by atoms with Gasteiger partial charge < -0.3 is 19.7 Å². The molecule has 1 aromatic rings. The van der Waals surface area contributed by atoms with Crippen LogP contribution < -0.4 is 14.8 Å². The molecule has 128 valence electrons. The summed E-state index contributed by atoms with van der Waals surface area (Å²) in [6, 6.07) is 5.74. The van der Waals surface area contributed by atoms with E-state index in [-0.39, 0.29) is 11.8 Å². The van der Waals surface area contributed by atoms with Crippen molar-refractivity contribution in [1.29, 1.82) is 0 Å². The van der Waals surface area contributed by atoms with Crippen LogP contribution in [0.25, 0.3) is 0 Å². The van der Waals surface area contributed by atoms with Crippen molar-refractivity contribution in [2.24, 2.45) is 5.92 Å². The van der Waals surface area contributed by atoms with Crippen LogP contribution in [-0.4, -0.2) is 50.7 Å². The summed E-state index contributed by atoms with van der Waals surface area (Å²) in [6.07, 6.45) is 1.68. The molecule has 1 aromatic carbocycles. The summed E-state index contributed by atoms with van der Waals surface area (Å²) < 4.78 is 10.9. The molecule has 0 saturated heterocycles. The van der Waals surface area contributed by atoms with Gasteiger partial charge in [-0.1, -0.05) is 13.8 Å². The third-order valence-electron chi connectivity index (χ3n) is 4.39. The number of rotatable bonds is 8. The molecule has 0 spiro atoms. The fourth-order valence-electron chi connectivity index (χ4n) is 2.86. The number of carbonyl (C=O) groups excluding carboxylic acids is 1. The van der Waals surface area contributed by atoms with E-state index in [4.69, 9.17) is 9.47 Å². The molecule has 1 amide bonds. The topological polar surface area (TPSA) is 50.8 Å². The molecule has 0 aromatic heterocycles. The number of hydrogen-bond donors (Lipinski definition) is 1. The van der Waals surface area contributed by atoms with Gasteiger partial charge in [0.25, 0.3) is 0 Å². The van der Waals surface area contributed by atoms with E-state index in [1.165, 1.54) is 0 Å². The highest BCUT2D eigenvalue weighted by Crippen LogP contribution is 2.30. The van der Waals surface area contributed by atoms with Gasteiger partial charge in [0.1, 0.15) is 18.1 Å². The highest BCUT2D eigenvalue weighted by Gasteiger charge is 2.26. The molecular weight excluding hydrogens is 292 g/mol. The van der Waals surface area contributed by atoms with Crippen LogP contribution in [0.4, 0.5) is 0 Å². The predicted octanol–water partition coefficient (Wildman–Crippen LogP) is 2.09. The first kappa shape index (κ1) is 17.6. The highest BCUT2D eigenvalue weighted by molar-refractivity contribution is 5.79. The maximum Gasteiger partial charge on any atom is 0.226 e. The molecule has 0 aliphatic carbocycles. The van der Waals surface area contributed by atoms with E-state index in [0.717, 1.165) is 49.7 Å². The van der Waals surface area contributed by atoms with E-state index in [0.29, 0.717) is 13.0 Å². The van der Waals surface area contributed by atoms with Gasteiger partial charge in [-0.05, 0) is 56.2 Å². The number of nitrogens with one attached hydrogen (secondary N) is 1. The maximum atomic E-state index is 12.3. The van der Waals surface area contributed by atoms with E-state index in [9.17, 15) is 4.79 Å². The molecule has 1 aliphatic rings. The van der Waals surface area contributed by atoms with Crippen molar-refractivity contribution in [3.63, 3.8) is 0 Å². The van der Waals surface area contributed by atoms with Crippen molar-refractivity contribution >= 4 is 5.91 Å². The monoisotopic (exact) mass is 320 g/mol. The Labute approximate surface area is 139 Å². The number of hydrogen-bond acceptors (Lipinski definition) is 4. The van der Waals surface area contributed by atoms with Crippen LogP contribution >= 0.6 is 0 Å². The number of carbonyl (C=O) groups is 1. The first-order valence-electron chi connectivity index (χ1n) is 8.47. The fourth-order valence-corrected chi connectivity index (χ4v) is 2.86. The van der Waals surface area contributed by atoms with E-state index in [1.54, 1.807) is 7.11 Å². The van der Waals surface area contributed by atoms with E-state index < -0.39 is 0 Å². The summed E-state index contributed by atoms with van der Waals surface area (Å²) >= 11 is 0. The molecular formula is C18H28N2O3. The summed E-state index contributed by atoms with van der Waals surface area (Å²) in [6.45, 7) is 8.62. The van der Waals surface area contributed by atoms with Crippen molar-refractivity contribution in [2.75, 3.05) is 39.9 Å². The number of amides is 1. The molecule has 0 unspecified atom stereocenters. The van der Waals surface area contributed by atoms with Crippen molar-refractivity contribution in [2.45, 2.75) is 26.7 Å². The Hall–Kier alpha value is -1.75. The van der Waals surface area contributed by atoms with Crippen LogP contribution in [-0.2, 0) is 11.2 Å². The van der Waals surface area contributed by atoms with Gasteiger partial charge in [-0.2, -0.15) is 0 Å². The molecule has 0 saturated carbocycles. The van der Waals surface area contributed by atoms with E-state index in [1.807, 2.05) is 18.2 Å². The van der Waals surface area contributed by atoms with Crippen LogP contribution in [0.1, 0.15) is 25.8 Å². The van der Waals surface area contributed by atoms with Crippen molar-refractivity contribution < 1.29 is 14.3 Å². The highest BCUT2D eigenvalue weighted by atomic mass is 16.5. The van der Waals surface area contributed by atoms with Gasteiger partial charge in [-0.15, -0.1) is 0 Å². The molecule has 1 N–H and O–H groups in total. The minimum absolute atomic E-state index is 0.0815. The second-order valence-corrected chi connectivity index (χ2v) is 5.86. The lowest BCUT2D eigenvalue weighted by molar-refractivity contribution is -0.126. The van der Waals surface area contributed by atoms with Gasteiger partial charge in [0.05, 0.1) is 13.0 Å². The SMILES string of the molecule is CCN(CC)CCCNC(=O)[C@H]1COc2ccc(OC)cc2C1. The summed E-state index contributed by atoms with van der Waals surface area (Å²) in [5.41, 5.74) is 1.04. The standard InChI is InChI=1S/C18H28N2O3/c1-4-20(5-2)10-6-9-19-18(21)15-11-14-12-16(22-3)7-8-17(14)23-13-15/h7-8,12,15H,4-6,9-11,13H2,1-3H3,(H,19,21)/t15-/m1/s1. The average molecular weight is 320 g/mol. The zero-order chi connectivity index (χ0) is 16.7. The molecule has 5 nitrogen and oxygen atoms in total. The normalized spacial score (nSPS) is 16.6. The average Bonchev–Trinajstić information content (AvgIpc) is 2.60. The van der Waals surface area contributed by atoms with Crippen LogP contribution in [0.5, 0.6) is 11.5 Å². The molecule has 23 heavy (non-hydrogen) atoms. The van der Waals surface area contributed by atoms with Gasteiger partial charge in [0.2, 0.25) is 5.91 Å². The number of nitrogens with zero attached hydrogens (tertiary/aromatic N) is 1. The Morgan fingerprint density at radius 2 is 2.17 bits per heavy atom. The summed E-state index contributed by atoms with van der Waals surface area (Å²) in [5.74, 6) is 1.62. The Kier molecular flexibility index (Phi) is 6.71. The van der Waals surface area contributed by atoms with Gasteiger partial charge in [-0.25, -0.2) is 0 Å². The number of ether oxygens (including phenoxy) is 2. The Balaban J connectivity index is 1.80. The van der Waals surface area contributed by atoms with Crippen LogP contribution in [0, 0.1) is 5.92 Å². The van der Waals surface area contributed by atoms with Crippen molar-refractivity contribution in [1.82, 2.24) is 10.2 Å². The second-order valence-electron chi connectivity index (χ2n) is 5.86. The van der Waals surface area contributed by atoms with Crippen LogP contribution in [0.3, 0.4) is 0 Å². The van der Waals surface area contributed by atoms with Gasteiger partial charge in [-0.3, -0.25) is 4.79 Å². The minimum Gasteiger partial charge on any atom is -0.497 e. The third kappa shape index (κ3) is 4.86. The number of methoxy groups -OCH3 is 1. The minimum atomic E-state index is -0.122. The van der Waals surface area contributed by atoms with Gasteiger partial charge >= 0.3 is 0 Å². The molecule has 1 aliphatic heterocycles. The maximum absolute atomic E-state index is 12.3. The lowest BCUT2D eigenvalue weighted by Gasteiger charge is -2.25. The van der Waals surface area contributed by atoms with Crippen LogP contribution in [0.15, 0.2) is 18.2 Å². The third-order valence-corrected chi connectivity index (χ3v) is 4.39. The quantitative estimate of drug-likeness (QED) is 0.745.